The Kier molecular flexibility index (Phi) is 2.82. The first-order valence-corrected chi connectivity index (χ1v) is 7.60. The number of hydrogen-bond donors (Lipinski definition) is 2. The van der Waals surface area contributed by atoms with Crippen LogP contribution in [0.1, 0.15) is 38.1 Å². The van der Waals surface area contributed by atoms with Crippen molar-refractivity contribution in [3.8, 4) is 0 Å². The van der Waals surface area contributed by atoms with Crippen molar-refractivity contribution in [2.75, 3.05) is 6.61 Å². The first kappa shape index (κ1) is 12.4. The maximum Gasteiger partial charge on any atom is 0.0685 e. The van der Waals surface area contributed by atoms with Crippen LogP contribution in [0.15, 0.2) is 30.5 Å². The normalized spacial score (nSPS) is 30.1. The van der Waals surface area contributed by atoms with Crippen LogP contribution in [0.5, 0.6) is 0 Å². The number of rotatable bonds is 4. The molecule has 20 heavy (non-hydrogen) atoms. The smallest absolute Gasteiger partial charge is 0.0685 e. The molecule has 4 rings (SSSR count). The molecule has 1 aromatic heterocycles. The summed E-state index contributed by atoms with van der Waals surface area (Å²) in [5.74, 6) is 0. The Balaban J connectivity index is 1.60. The van der Waals surface area contributed by atoms with Crippen molar-refractivity contribution < 1.29 is 5.11 Å². The molecular formula is C16H21N3O. The molecule has 2 aliphatic rings. The Hall–Kier alpha value is -1.39. The van der Waals surface area contributed by atoms with Gasteiger partial charge in [-0.15, -0.1) is 0 Å². The summed E-state index contributed by atoms with van der Waals surface area (Å²) < 4.78 is 2.15. The van der Waals surface area contributed by atoms with E-state index in [2.05, 4.69) is 39.4 Å². The minimum Gasteiger partial charge on any atom is -0.394 e. The van der Waals surface area contributed by atoms with Gasteiger partial charge in [-0.1, -0.05) is 18.2 Å². The zero-order chi connectivity index (χ0) is 13.6. The zero-order valence-electron chi connectivity index (χ0n) is 11.6. The molecule has 4 heteroatoms. The lowest BCUT2D eigenvalue weighted by atomic mass is 9.98. The summed E-state index contributed by atoms with van der Waals surface area (Å²) in [5, 5.41) is 19.3. The van der Waals surface area contributed by atoms with Crippen LogP contribution in [-0.4, -0.2) is 33.1 Å². The van der Waals surface area contributed by atoms with Crippen LogP contribution < -0.4 is 5.32 Å². The first-order valence-electron chi connectivity index (χ1n) is 7.60. The molecule has 4 nitrogen and oxygen atoms in total. The summed E-state index contributed by atoms with van der Waals surface area (Å²) in [6, 6.07) is 9.39. The van der Waals surface area contributed by atoms with Gasteiger partial charge in [-0.2, -0.15) is 5.10 Å². The van der Waals surface area contributed by atoms with Gasteiger partial charge in [0.1, 0.15) is 0 Å². The molecule has 1 heterocycles. The SMILES string of the molecule is OCC1(NC2CC2)CCC(n2ncc3ccccc32)C1. The van der Waals surface area contributed by atoms with Gasteiger partial charge < -0.3 is 10.4 Å². The third-order valence-corrected chi connectivity index (χ3v) is 4.82. The number of fused-ring (bicyclic) bond motifs is 1. The van der Waals surface area contributed by atoms with Gasteiger partial charge in [0.25, 0.3) is 0 Å². The highest BCUT2D eigenvalue weighted by atomic mass is 16.3. The van der Waals surface area contributed by atoms with E-state index in [1.54, 1.807) is 0 Å². The lowest BCUT2D eigenvalue weighted by molar-refractivity contribution is 0.158. The molecule has 2 unspecified atom stereocenters. The van der Waals surface area contributed by atoms with Crippen molar-refractivity contribution in [2.24, 2.45) is 0 Å². The molecule has 0 spiro atoms. The van der Waals surface area contributed by atoms with Crippen molar-refractivity contribution >= 4 is 10.9 Å². The van der Waals surface area contributed by atoms with Crippen molar-refractivity contribution in [1.82, 2.24) is 15.1 Å². The fraction of sp³-hybridized carbons (Fsp3) is 0.562. The average Bonchev–Trinajstić information content (AvgIpc) is 3.03. The van der Waals surface area contributed by atoms with E-state index >= 15 is 0 Å². The zero-order valence-corrected chi connectivity index (χ0v) is 11.6. The summed E-state index contributed by atoms with van der Waals surface area (Å²) in [5.41, 5.74) is 1.12. The molecule has 2 aromatic rings. The van der Waals surface area contributed by atoms with Crippen LogP contribution in [-0.2, 0) is 0 Å². The largest absolute Gasteiger partial charge is 0.394 e. The number of nitrogens with one attached hydrogen (secondary N) is 1. The van der Waals surface area contributed by atoms with Crippen LogP contribution in [0, 0.1) is 0 Å². The fourth-order valence-electron chi connectivity index (χ4n) is 3.57. The van der Waals surface area contributed by atoms with E-state index in [1.807, 2.05) is 6.20 Å². The molecule has 106 valence electrons. The maximum absolute atomic E-state index is 9.83. The molecule has 1 aromatic carbocycles. The van der Waals surface area contributed by atoms with Crippen LogP contribution >= 0.6 is 0 Å². The number of aliphatic hydroxyl groups excluding tert-OH is 1. The van der Waals surface area contributed by atoms with Crippen LogP contribution in [0.2, 0.25) is 0 Å². The second-order valence-corrected chi connectivity index (χ2v) is 6.40. The van der Waals surface area contributed by atoms with Gasteiger partial charge in [-0.05, 0) is 38.2 Å². The molecule has 0 radical (unpaired) electrons. The second kappa shape index (κ2) is 4.57. The summed E-state index contributed by atoms with van der Waals surface area (Å²) in [4.78, 5) is 0. The van der Waals surface area contributed by atoms with E-state index < -0.39 is 0 Å². The summed E-state index contributed by atoms with van der Waals surface area (Å²) >= 11 is 0. The van der Waals surface area contributed by atoms with E-state index in [-0.39, 0.29) is 12.1 Å². The monoisotopic (exact) mass is 271 g/mol. The highest BCUT2D eigenvalue weighted by Gasteiger charge is 2.43. The molecule has 2 aliphatic carbocycles. The quantitative estimate of drug-likeness (QED) is 0.896. The van der Waals surface area contributed by atoms with Crippen LogP contribution in [0.25, 0.3) is 10.9 Å². The van der Waals surface area contributed by atoms with Crippen molar-refractivity contribution in [3.63, 3.8) is 0 Å². The van der Waals surface area contributed by atoms with Gasteiger partial charge in [0.2, 0.25) is 0 Å². The minimum atomic E-state index is -0.0844. The predicted octanol–water partition coefficient (Wildman–Crippen LogP) is 2.24. The fourth-order valence-corrected chi connectivity index (χ4v) is 3.57. The predicted molar refractivity (Wildman–Crippen MR) is 78.6 cm³/mol. The summed E-state index contributed by atoms with van der Waals surface area (Å²) in [6.45, 7) is 0.235. The van der Waals surface area contributed by atoms with E-state index in [0.29, 0.717) is 12.1 Å². The Morgan fingerprint density at radius 2 is 2.15 bits per heavy atom. The summed E-state index contributed by atoms with van der Waals surface area (Å²) in [7, 11) is 0. The van der Waals surface area contributed by atoms with Crippen molar-refractivity contribution in [2.45, 2.75) is 49.7 Å². The second-order valence-electron chi connectivity index (χ2n) is 6.40. The first-order chi connectivity index (χ1) is 9.80. The molecule has 2 saturated carbocycles. The van der Waals surface area contributed by atoms with Gasteiger partial charge in [0.15, 0.2) is 0 Å². The molecule has 2 N–H and O–H groups in total. The highest BCUT2D eigenvalue weighted by molar-refractivity contribution is 5.78. The molecule has 2 atom stereocenters. The summed E-state index contributed by atoms with van der Waals surface area (Å²) in [6.07, 6.45) is 7.58. The molecule has 0 aliphatic heterocycles. The third-order valence-electron chi connectivity index (χ3n) is 4.82. The topological polar surface area (TPSA) is 50.1 Å². The molecular weight excluding hydrogens is 250 g/mol. The Morgan fingerprint density at radius 1 is 1.30 bits per heavy atom. The average molecular weight is 271 g/mol. The van der Waals surface area contributed by atoms with E-state index in [9.17, 15) is 5.11 Å². The van der Waals surface area contributed by atoms with Gasteiger partial charge >= 0.3 is 0 Å². The molecule has 0 amide bonds. The number of para-hydroxylation sites is 1. The van der Waals surface area contributed by atoms with Crippen LogP contribution in [0.3, 0.4) is 0 Å². The van der Waals surface area contributed by atoms with E-state index in [1.165, 1.54) is 23.7 Å². The highest BCUT2D eigenvalue weighted by Crippen LogP contribution is 2.40. The number of nitrogens with zero attached hydrogens (tertiary/aromatic N) is 2. The lowest BCUT2D eigenvalue weighted by Gasteiger charge is -2.28. The van der Waals surface area contributed by atoms with E-state index in [0.717, 1.165) is 19.3 Å². The Bertz CT molecular complexity index is 619. The number of benzene rings is 1. The molecule has 0 bridgehead atoms. The Morgan fingerprint density at radius 3 is 2.95 bits per heavy atom. The molecule has 2 fully saturated rings. The standard InChI is InChI=1S/C16H21N3O/c20-11-16(18-13-5-6-13)8-7-14(9-16)19-15-4-2-1-3-12(15)10-17-19/h1-4,10,13-14,18,20H,5-9,11H2. The van der Waals surface area contributed by atoms with Gasteiger partial charge in [-0.3, -0.25) is 4.68 Å². The minimum absolute atomic E-state index is 0.0844. The number of hydrogen-bond acceptors (Lipinski definition) is 3. The molecule has 0 saturated heterocycles. The number of aliphatic hydroxyl groups is 1. The van der Waals surface area contributed by atoms with E-state index in [4.69, 9.17) is 0 Å². The third kappa shape index (κ3) is 2.03. The lowest BCUT2D eigenvalue weighted by Crippen LogP contribution is -2.47. The van der Waals surface area contributed by atoms with Crippen molar-refractivity contribution in [3.05, 3.63) is 30.5 Å². The van der Waals surface area contributed by atoms with Crippen LogP contribution in [0.4, 0.5) is 0 Å². The van der Waals surface area contributed by atoms with Crippen molar-refractivity contribution in [1.29, 1.82) is 0 Å². The van der Waals surface area contributed by atoms with Gasteiger partial charge in [0, 0.05) is 17.0 Å². The Labute approximate surface area is 118 Å². The number of aromatic nitrogens is 2. The van der Waals surface area contributed by atoms with Gasteiger partial charge in [-0.25, -0.2) is 0 Å². The van der Waals surface area contributed by atoms with Gasteiger partial charge in [0.05, 0.1) is 24.4 Å². The maximum atomic E-state index is 9.83.